The Hall–Kier alpha value is -3.15. The van der Waals surface area contributed by atoms with Gasteiger partial charge in [0.15, 0.2) is 11.9 Å². The number of hydrogen-bond acceptors (Lipinski definition) is 6. The Morgan fingerprint density at radius 1 is 1.16 bits per heavy atom. The zero-order chi connectivity index (χ0) is 22.5. The number of hydrogen-bond donors (Lipinski definition) is 1. The number of azo groups is 1. The fourth-order valence-corrected chi connectivity index (χ4v) is 5.65. The largest absolute Gasteiger partial charge is 0.362 e. The first-order valence-electron chi connectivity index (χ1n) is 11.4. The number of ketones is 1. The normalized spacial score (nSPS) is 26.8. The number of aromatic nitrogens is 2. The van der Waals surface area contributed by atoms with Crippen molar-refractivity contribution in [1.29, 1.82) is 0 Å². The zero-order valence-electron chi connectivity index (χ0n) is 19.1. The summed E-state index contributed by atoms with van der Waals surface area (Å²) in [6.45, 7) is 8.60. The topological polar surface area (TPSA) is 79.6 Å². The lowest BCUT2D eigenvalue weighted by Gasteiger charge is -2.48. The van der Waals surface area contributed by atoms with E-state index >= 15 is 0 Å². The smallest absolute Gasteiger partial charge is 0.164 e. The lowest BCUT2D eigenvalue weighted by Crippen LogP contribution is -2.51. The predicted octanol–water partition coefficient (Wildman–Crippen LogP) is 5.20. The molecule has 6 nitrogen and oxygen atoms in total. The maximum Gasteiger partial charge on any atom is 0.164 e. The zero-order valence-corrected chi connectivity index (χ0v) is 19.1. The highest BCUT2D eigenvalue weighted by Gasteiger charge is 2.53. The Kier molecular flexibility index (Phi) is 4.84. The second-order valence-corrected chi connectivity index (χ2v) is 9.87. The average Bonchev–Trinajstić information content (AvgIpc) is 3.25. The van der Waals surface area contributed by atoms with Crippen LogP contribution in [0, 0.1) is 5.41 Å². The van der Waals surface area contributed by atoms with Crippen LogP contribution in [0.5, 0.6) is 0 Å². The van der Waals surface area contributed by atoms with Gasteiger partial charge >= 0.3 is 0 Å². The van der Waals surface area contributed by atoms with Crippen LogP contribution in [-0.2, 0) is 10.2 Å². The molecule has 0 spiro atoms. The van der Waals surface area contributed by atoms with Gasteiger partial charge in [-0.05, 0) is 35.4 Å². The summed E-state index contributed by atoms with van der Waals surface area (Å²) < 4.78 is 0. The van der Waals surface area contributed by atoms with Gasteiger partial charge < -0.3 is 5.32 Å². The third-order valence-electron chi connectivity index (χ3n) is 7.16. The summed E-state index contributed by atoms with van der Waals surface area (Å²) in [6.07, 6.45) is 7.35. The minimum Gasteiger partial charge on any atom is -0.362 e. The third kappa shape index (κ3) is 3.12. The van der Waals surface area contributed by atoms with E-state index in [1.165, 1.54) is 0 Å². The van der Waals surface area contributed by atoms with Crippen molar-refractivity contribution >= 4 is 5.78 Å². The molecule has 0 saturated carbocycles. The van der Waals surface area contributed by atoms with Crippen molar-refractivity contribution in [3.05, 3.63) is 82.7 Å². The molecule has 0 radical (unpaired) electrons. The van der Waals surface area contributed by atoms with E-state index in [9.17, 15) is 4.79 Å². The molecule has 2 aromatic rings. The van der Waals surface area contributed by atoms with Gasteiger partial charge in [-0.1, -0.05) is 52.0 Å². The Balaban J connectivity index is 1.68. The monoisotopic (exact) mass is 427 g/mol. The van der Waals surface area contributed by atoms with Gasteiger partial charge in [0.05, 0.1) is 11.6 Å². The lowest BCUT2D eigenvalue weighted by atomic mass is 9.58. The van der Waals surface area contributed by atoms with Crippen LogP contribution in [0.3, 0.4) is 0 Å². The molecule has 0 fully saturated rings. The summed E-state index contributed by atoms with van der Waals surface area (Å²) in [5, 5.41) is 12.3. The molecule has 0 bridgehead atoms. The summed E-state index contributed by atoms with van der Waals surface area (Å²) in [5.41, 5.74) is 4.64. The molecule has 1 aliphatic carbocycles. The van der Waals surface area contributed by atoms with E-state index in [-0.39, 0.29) is 23.3 Å². The summed E-state index contributed by atoms with van der Waals surface area (Å²) in [5.74, 6) is 1.06. The quantitative estimate of drug-likeness (QED) is 0.727. The van der Waals surface area contributed by atoms with Gasteiger partial charge in [-0.2, -0.15) is 10.2 Å². The van der Waals surface area contributed by atoms with Gasteiger partial charge in [0.2, 0.25) is 0 Å². The number of rotatable bonds is 4. The van der Waals surface area contributed by atoms with Crippen molar-refractivity contribution in [2.24, 2.45) is 15.6 Å². The van der Waals surface area contributed by atoms with Crippen LogP contribution in [0.1, 0.15) is 69.8 Å². The first-order chi connectivity index (χ1) is 15.4. The highest BCUT2D eigenvalue weighted by atomic mass is 16.1. The van der Waals surface area contributed by atoms with Crippen molar-refractivity contribution < 1.29 is 4.79 Å². The van der Waals surface area contributed by atoms with Crippen LogP contribution in [0.2, 0.25) is 0 Å². The molecule has 3 atom stereocenters. The van der Waals surface area contributed by atoms with Crippen molar-refractivity contribution in [3.63, 3.8) is 0 Å². The first-order valence-corrected chi connectivity index (χ1v) is 11.4. The molecular formula is C26H29N5O. The number of allylic oxidation sites excluding steroid dienone is 2. The molecule has 0 saturated heterocycles. The molecule has 1 aromatic carbocycles. The number of benzene rings is 1. The SMILES string of the molecule is CCC1(c2cccc(C(C)c3ncccn3)c2)C2=CN=NC2NC2=C1C(=O)CC(C)(C)C2. The number of carbonyl (C=O) groups excluding carboxylic acids is 1. The average molecular weight is 428 g/mol. The summed E-state index contributed by atoms with van der Waals surface area (Å²) in [6, 6.07) is 10.4. The molecule has 0 amide bonds. The standard InChI is InChI=1S/C26H29N5O/c1-5-26(18-9-6-8-17(12-18)16(2)23-27-10-7-11-28-23)19-15-29-31-24(19)30-20-13-25(3,4)14-21(32)22(20)26/h6-12,15-16,24,30H,5,13-14H2,1-4H3. The minimum atomic E-state index is -0.532. The number of Topliss-reactive ketones (excluding diaryl/α,β-unsaturated/α-hetero) is 1. The molecular weight excluding hydrogens is 398 g/mol. The van der Waals surface area contributed by atoms with Gasteiger partial charge in [0, 0.05) is 41.6 Å². The van der Waals surface area contributed by atoms with Gasteiger partial charge in [0.25, 0.3) is 0 Å². The van der Waals surface area contributed by atoms with E-state index < -0.39 is 5.41 Å². The number of nitrogens with zero attached hydrogens (tertiary/aromatic N) is 4. The minimum absolute atomic E-state index is 0.0453. The van der Waals surface area contributed by atoms with E-state index in [2.05, 4.69) is 77.5 Å². The lowest BCUT2D eigenvalue weighted by molar-refractivity contribution is -0.119. The van der Waals surface area contributed by atoms with Gasteiger partial charge in [-0.15, -0.1) is 0 Å². The van der Waals surface area contributed by atoms with Crippen LogP contribution in [0.15, 0.2) is 76.0 Å². The molecule has 3 aliphatic rings. The fraction of sp³-hybridized carbons (Fsp3) is 0.423. The van der Waals surface area contributed by atoms with E-state index in [1.807, 2.05) is 12.3 Å². The van der Waals surface area contributed by atoms with Crippen LogP contribution < -0.4 is 5.32 Å². The fourth-order valence-electron chi connectivity index (χ4n) is 5.65. The Morgan fingerprint density at radius 3 is 2.69 bits per heavy atom. The third-order valence-corrected chi connectivity index (χ3v) is 7.16. The molecule has 3 heterocycles. The van der Waals surface area contributed by atoms with E-state index in [1.54, 1.807) is 12.4 Å². The highest BCUT2D eigenvalue weighted by Crippen LogP contribution is 2.53. The van der Waals surface area contributed by atoms with Gasteiger partial charge in [-0.3, -0.25) is 4.79 Å². The second kappa shape index (κ2) is 7.47. The summed E-state index contributed by atoms with van der Waals surface area (Å²) in [4.78, 5) is 22.5. The van der Waals surface area contributed by atoms with Crippen LogP contribution in [0.4, 0.5) is 0 Å². The van der Waals surface area contributed by atoms with Crippen molar-refractivity contribution in [2.45, 2.75) is 64.5 Å². The highest BCUT2D eigenvalue weighted by molar-refractivity contribution is 6.01. The van der Waals surface area contributed by atoms with Crippen LogP contribution in [0.25, 0.3) is 0 Å². The maximum atomic E-state index is 13.6. The predicted molar refractivity (Wildman–Crippen MR) is 123 cm³/mol. The van der Waals surface area contributed by atoms with Gasteiger partial charge in [-0.25, -0.2) is 9.97 Å². The Labute approximate surface area is 189 Å². The van der Waals surface area contributed by atoms with Crippen molar-refractivity contribution in [1.82, 2.24) is 15.3 Å². The summed E-state index contributed by atoms with van der Waals surface area (Å²) >= 11 is 0. The van der Waals surface area contributed by atoms with Crippen LogP contribution >= 0.6 is 0 Å². The van der Waals surface area contributed by atoms with E-state index in [0.29, 0.717) is 6.42 Å². The van der Waals surface area contributed by atoms with E-state index in [4.69, 9.17) is 0 Å². The Morgan fingerprint density at radius 2 is 1.94 bits per heavy atom. The van der Waals surface area contributed by atoms with Gasteiger partial charge in [0.1, 0.15) is 5.82 Å². The Bertz CT molecular complexity index is 1160. The number of fused-ring (bicyclic) bond motifs is 1. The molecule has 32 heavy (non-hydrogen) atoms. The molecule has 6 heteroatoms. The number of nitrogens with one attached hydrogen (secondary N) is 1. The second-order valence-electron chi connectivity index (χ2n) is 9.87. The molecule has 164 valence electrons. The molecule has 3 unspecified atom stereocenters. The maximum absolute atomic E-state index is 13.6. The van der Waals surface area contributed by atoms with Crippen LogP contribution in [-0.4, -0.2) is 21.9 Å². The first kappa shape index (κ1) is 20.7. The summed E-state index contributed by atoms with van der Waals surface area (Å²) in [7, 11) is 0. The number of carbonyl (C=O) groups is 1. The molecule has 1 aromatic heterocycles. The van der Waals surface area contributed by atoms with E-state index in [0.717, 1.165) is 46.6 Å². The van der Waals surface area contributed by atoms with Crippen molar-refractivity contribution in [2.75, 3.05) is 0 Å². The molecule has 1 N–H and O–H groups in total. The molecule has 2 aliphatic heterocycles. The molecule has 5 rings (SSSR count). The van der Waals surface area contributed by atoms with Crippen molar-refractivity contribution in [3.8, 4) is 0 Å².